The first-order chi connectivity index (χ1) is 6.49. The molecule has 0 saturated heterocycles. The van der Waals surface area contributed by atoms with E-state index in [1.807, 2.05) is 21.1 Å². The van der Waals surface area contributed by atoms with Crippen molar-refractivity contribution < 1.29 is 9.53 Å². The average molecular weight is 202 g/mol. The van der Waals surface area contributed by atoms with Crippen molar-refractivity contribution in [3.05, 3.63) is 0 Å². The van der Waals surface area contributed by atoms with Gasteiger partial charge in [-0.3, -0.25) is 4.79 Å². The van der Waals surface area contributed by atoms with Gasteiger partial charge in [0.25, 0.3) is 5.91 Å². The largest absolute Gasteiger partial charge is 0.372 e. The monoisotopic (exact) mass is 202 g/mol. The molecule has 0 aromatic carbocycles. The first-order valence-electron chi connectivity index (χ1n) is 4.91. The van der Waals surface area contributed by atoms with Crippen molar-refractivity contribution in [3.63, 3.8) is 0 Å². The molecular formula is C10H22N2O2. The maximum absolute atomic E-state index is 11.5. The van der Waals surface area contributed by atoms with Gasteiger partial charge in [0, 0.05) is 20.7 Å². The van der Waals surface area contributed by atoms with Crippen LogP contribution in [0.1, 0.15) is 13.3 Å². The second-order valence-electron chi connectivity index (χ2n) is 3.79. The van der Waals surface area contributed by atoms with Crippen LogP contribution in [0.2, 0.25) is 0 Å². The Hall–Kier alpha value is -0.610. The molecule has 14 heavy (non-hydrogen) atoms. The summed E-state index contributed by atoms with van der Waals surface area (Å²) in [5.41, 5.74) is 0. The Morgan fingerprint density at radius 1 is 1.29 bits per heavy atom. The van der Waals surface area contributed by atoms with E-state index in [2.05, 4.69) is 4.90 Å². The van der Waals surface area contributed by atoms with E-state index in [0.717, 1.165) is 19.5 Å². The molecule has 0 aromatic heterocycles. The number of methoxy groups -OCH3 is 1. The quantitative estimate of drug-likeness (QED) is 0.626. The molecule has 0 fully saturated rings. The van der Waals surface area contributed by atoms with Gasteiger partial charge in [-0.15, -0.1) is 0 Å². The van der Waals surface area contributed by atoms with Crippen LogP contribution in [0.3, 0.4) is 0 Å². The standard InChI is InChI=1S/C10H22N2O2/c1-9(14-5)10(13)12(4)8-6-7-11(2)3/h9H,6-8H2,1-5H3. The molecule has 0 radical (unpaired) electrons. The van der Waals surface area contributed by atoms with Crippen molar-refractivity contribution in [2.24, 2.45) is 0 Å². The van der Waals surface area contributed by atoms with E-state index in [1.54, 1.807) is 18.9 Å². The number of hydrogen-bond donors (Lipinski definition) is 0. The molecule has 0 aromatic rings. The Morgan fingerprint density at radius 3 is 2.29 bits per heavy atom. The Morgan fingerprint density at radius 2 is 1.86 bits per heavy atom. The fraction of sp³-hybridized carbons (Fsp3) is 0.900. The Kier molecular flexibility index (Phi) is 6.49. The summed E-state index contributed by atoms with van der Waals surface area (Å²) in [5, 5.41) is 0. The highest BCUT2D eigenvalue weighted by molar-refractivity contribution is 5.80. The molecule has 0 heterocycles. The second-order valence-corrected chi connectivity index (χ2v) is 3.79. The van der Waals surface area contributed by atoms with Gasteiger partial charge in [-0.05, 0) is 34.0 Å². The first kappa shape index (κ1) is 13.4. The molecule has 1 atom stereocenters. The summed E-state index contributed by atoms with van der Waals surface area (Å²) in [4.78, 5) is 15.4. The highest BCUT2D eigenvalue weighted by Gasteiger charge is 2.15. The van der Waals surface area contributed by atoms with Crippen LogP contribution in [-0.2, 0) is 9.53 Å². The SMILES string of the molecule is COC(C)C(=O)N(C)CCCN(C)C. The number of ether oxygens (including phenoxy) is 1. The average Bonchev–Trinajstić information content (AvgIpc) is 2.14. The van der Waals surface area contributed by atoms with Gasteiger partial charge < -0.3 is 14.5 Å². The molecule has 1 unspecified atom stereocenters. The van der Waals surface area contributed by atoms with Gasteiger partial charge in [-0.1, -0.05) is 0 Å². The van der Waals surface area contributed by atoms with Gasteiger partial charge in [0.2, 0.25) is 0 Å². The van der Waals surface area contributed by atoms with Gasteiger partial charge in [0.1, 0.15) is 6.10 Å². The second kappa shape index (κ2) is 6.79. The minimum Gasteiger partial charge on any atom is -0.372 e. The summed E-state index contributed by atoms with van der Waals surface area (Å²) < 4.78 is 4.96. The number of nitrogens with zero attached hydrogens (tertiary/aromatic N) is 2. The van der Waals surface area contributed by atoms with Crippen LogP contribution >= 0.6 is 0 Å². The Balaban J connectivity index is 3.73. The number of hydrogen-bond acceptors (Lipinski definition) is 3. The first-order valence-corrected chi connectivity index (χ1v) is 4.91. The van der Waals surface area contributed by atoms with Crippen molar-refractivity contribution in [2.45, 2.75) is 19.4 Å². The van der Waals surface area contributed by atoms with Gasteiger partial charge in [-0.25, -0.2) is 0 Å². The molecule has 0 aliphatic rings. The van der Waals surface area contributed by atoms with Crippen LogP contribution in [0.15, 0.2) is 0 Å². The van der Waals surface area contributed by atoms with E-state index in [-0.39, 0.29) is 12.0 Å². The summed E-state index contributed by atoms with van der Waals surface area (Å²) in [6, 6.07) is 0. The number of likely N-dealkylation sites (N-methyl/N-ethyl adjacent to an activating group) is 1. The summed E-state index contributed by atoms with van der Waals surface area (Å²) in [6.45, 7) is 3.55. The van der Waals surface area contributed by atoms with Crippen molar-refractivity contribution in [3.8, 4) is 0 Å². The Bertz CT molecular complexity index is 172. The zero-order valence-corrected chi connectivity index (χ0v) is 9.91. The van der Waals surface area contributed by atoms with E-state index >= 15 is 0 Å². The number of carbonyl (C=O) groups excluding carboxylic acids is 1. The zero-order chi connectivity index (χ0) is 11.1. The molecule has 0 spiro atoms. The molecular weight excluding hydrogens is 180 g/mol. The maximum atomic E-state index is 11.5. The van der Waals surface area contributed by atoms with Crippen molar-refractivity contribution in [1.29, 1.82) is 0 Å². The third kappa shape index (κ3) is 5.19. The van der Waals surface area contributed by atoms with Gasteiger partial charge in [-0.2, -0.15) is 0 Å². The molecule has 0 bridgehead atoms. The normalized spacial score (nSPS) is 13.0. The lowest BCUT2D eigenvalue weighted by Gasteiger charge is -2.21. The van der Waals surface area contributed by atoms with Crippen LogP contribution in [0.25, 0.3) is 0 Å². The maximum Gasteiger partial charge on any atom is 0.251 e. The topological polar surface area (TPSA) is 32.8 Å². The lowest BCUT2D eigenvalue weighted by Crippen LogP contribution is -2.37. The number of rotatable bonds is 6. The molecule has 0 aliphatic carbocycles. The lowest BCUT2D eigenvalue weighted by molar-refractivity contribution is -0.139. The van der Waals surface area contributed by atoms with Crippen LogP contribution in [0, 0.1) is 0 Å². The van der Waals surface area contributed by atoms with E-state index in [1.165, 1.54) is 0 Å². The van der Waals surface area contributed by atoms with E-state index in [4.69, 9.17) is 4.74 Å². The molecule has 4 heteroatoms. The van der Waals surface area contributed by atoms with E-state index in [9.17, 15) is 4.79 Å². The minimum absolute atomic E-state index is 0.0475. The van der Waals surface area contributed by atoms with E-state index in [0.29, 0.717) is 0 Å². The molecule has 0 N–H and O–H groups in total. The summed E-state index contributed by atoms with van der Waals surface area (Å²) in [7, 11) is 7.42. The number of carbonyl (C=O) groups is 1. The molecule has 1 amide bonds. The van der Waals surface area contributed by atoms with Crippen LogP contribution in [0.4, 0.5) is 0 Å². The smallest absolute Gasteiger partial charge is 0.251 e. The van der Waals surface area contributed by atoms with Crippen molar-refractivity contribution in [1.82, 2.24) is 9.80 Å². The summed E-state index contributed by atoms with van der Waals surface area (Å²) in [5.74, 6) is 0.0475. The third-order valence-corrected chi connectivity index (χ3v) is 2.18. The number of amides is 1. The fourth-order valence-corrected chi connectivity index (χ4v) is 1.15. The van der Waals surface area contributed by atoms with Gasteiger partial charge in [0.15, 0.2) is 0 Å². The van der Waals surface area contributed by atoms with Crippen LogP contribution in [0.5, 0.6) is 0 Å². The molecule has 0 aliphatic heterocycles. The molecule has 4 nitrogen and oxygen atoms in total. The van der Waals surface area contributed by atoms with Gasteiger partial charge >= 0.3 is 0 Å². The third-order valence-electron chi connectivity index (χ3n) is 2.18. The Labute approximate surface area is 86.8 Å². The fourth-order valence-electron chi connectivity index (χ4n) is 1.15. The van der Waals surface area contributed by atoms with E-state index < -0.39 is 0 Å². The van der Waals surface area contributed by atoms with Crippen molar-refractivity contribution >= 4 is 5.91 Å². The lowest BCUT2D eigenvalue weighted by atomic mass is 10.3. The molecule has 0 saturated carbocycles. The summed E-state index contributed by atoms with van der Waals surface area (Å²) in [6.07, 6.45) is 0.658. The minimum atomic E-state index is -0.334. The van der Waals surface area contributed by atoms with Gasteiger partial charge in [0.05, 0.1) is 0 Å². The zero-order valence-electron chi connectivity index (χ0n) is 9.91. The molecule has 0 rings (SSSR count). The van der Waals surface area contributed by atoms with Crippen LogP contribution < -0.4 is 0 Å². The predicted molar refractivity (Wildman–Crippen MR) is 57.3 cm³/mol. The highest BCUT2D eigenvalue weighted by Crippen LogP contribution is 1.97. The van der Waals surface area contributed by atoms with Crippen LogP contribution in [-0.4, -0.2) is 63.2 Å². The summed E-state index contributed by atoms with van der Waals surface area (Å²) >= 11 is 0. The predicted octanol–water partition coefficient (Wildman–Crippen LogP) is 0.431. The molecule has 84 valence electrons. The van der Waals surface area contributed by atoms with Crippen molar-refractivity contribution in [2.75, 3.05) is 41.3 Å². The highest BCUT2D eigenvalue weighted by atomic mass is 16.5.